The number of aromatic nitrogens is 2. The molecule has 4 nitrogen and oxygen atoms in total. The van der Waals surface area contributed by atoms with Crippen LogP contribution in [0.3, 0.4) is 0 Å². The normalized spacial score (nSPS) is 14.4. The van der Waals surface area contributed by atoms with Crippen LogP contribution in [0.1, 0.15) is 30.3 Å². The molecule has 1 aliphatic heterocycles. The Morgan fingerprint density at radius 3 is 2.75 bits per heavy atom. The smallest absolute Gasteiger partial charge is 0.272 e. The highest BCUT2D eigenvalue weighted by molar-refractivity contribution is 5.94. The van der Waals surface area contributed by atoms with Crippen LogP contribution in [0.4, 0.5) is 0 Å². The van der Waals surface area contributed by atoms with E-state index in [9.17, 15) is 4.79 Å². The first kappa shape index (κ1) is 12.9. The topological polar surface area (TPSA) is 38.1 Å². The molecule has 104 valence electrons. The molecule has 1 amide bonds. The maximum atomic E-state index is 12.4. The van der Waals surface area contributed by atoms with E-state index in [1.165, 1.54) is 0 Å². The molecule has 0 unspecified atom stereocenters. The van der Waals surface area contributed by atoms with E-state index in [-0.39, 0.29) is 5.91 Å². The SMILES string of the molecule is CCCCN1CCn2nc(-c3ccccc3)cc2C1=O. The molecule has 0 radical (unpaired) electrons. The maximum Gasteiger partial charge on any atom is 0.272 e. The van der Waals surface area contributed by atoms with E-state index in [1.807, 2.05) is 46.0 Å². The highest BCUT2D eigenvalue weighted by atomic mass is 16.2. The minimum absolute atomic E-state index is 0.111. The standard InChI is InChI=1S/C16H19N3O/c1-2-3-9-18-10-11-19-15(16(18)20)12-14(17-19)13-7-5-4-6-8-13/h4-8,12H,2-3,9-11H2,1H3. The largest absolute Gasteiger partial charge is 0.335 e. The van der Waals surface area contributed by atoms with Gasteiger partial charge < -0.3 is 4.90 Å². The fourth-order valence-electron chi connectivity index (χ4n) is 2.55. The van der Waals surface area contributed by atoms with Crippen molar-refractivity contribution in [1.29, 1.82) is 0 Å². The summed E-state index contributed by atoms with van der Waals surface area (Å²) in [5.41, 5.74) is 2.65. The van der Waals surface area contributed by atoms with Crippen LogP contribution in [0.5, 0.6) is 0 Å². The lowest BCUT2D eigenvalue weighted by Gasteiger charge is -2.27. The molecule has 0 saturated heterocycles. The van der Waals surface area contributed by atoms with E-state index in [2.05, 4.69) is 12.0 Å². The van der Waals surface area contributed by atoms with Crippen LogP contribution < -0.4 is 0 Å². The van der Waals surface area contributed by atoms with E-state index >= 15 is 0 Å². The van der Waals surface area contributed by atoms with Gasteiger partial charge in [-0.15, -0.1) is 0 Å². The zero-order chi connectivity index (χ0) is 13.9. The number of carbonyl (C=O) groups is 1. The van der Waals surface area contributed by atoms with Gasteiger partial charge in [0.25, 0.3) is 5.91 Å². The summed E-state index contributed by atoms with van der Waals surface area (Å²) in [5.74, 6) is 0.111. The van der Waals surface area contributed by atoms with Gasteiger partial charge in [-0.2, -0.15) is 5.10 Å². The molecule has 3 rings (SSSR count). The van der Waals surface area contributed by atoms with Crippen LogP contribution in [0.15, 0.2) is 36.4 Å². The number of hydrogen-bond donors (Lipinski definition) is 0. The predicted molar refractivity (Wildman–Crippen MR) is 78.5 cm³/mol. The van der Waals surface area contributed by atoms with Gasteiger partial charge in [-0.25, -0.2) is 0 Å². The number of amides is 1. The number of nitrogens with zero attached hydrogens (tertiary/aromatic N) is 3. The Kier molecular flexibility index (Phi) is 3.54. The molecule has 4 heteroatoms. The monoisotopic (exact) mass is 269 g/mol. The van der Waals surface area contributed by atoms with Crippen molar-refractivity contribution >= 4 is 5.91 Å². The summed E-state index contributed by atoms with van der Waals surface area (Å²) in [6, 6.07) is 11.9. The third-order valence-electron chi connectivity index (χ3n) is 3.72. The summed E-state index contributed by atoms with van der Waals surface area (Å²) in [6.07, 6.45) is 2.17. The molecule has 0 atom stereocenters. The first-order valence-electron chi connectivity index (χ1n) is 7.22. The van der Waals surface area contributed by atoms with Crippen LogP contribution in [0.2, 0.25) is 0 Å². The van der Waals surface area contributed by atoms with E-state index < -0.39 is 0 Å². The fraction of sp³-hybridized carbons (Fsp3) is 0.375. The number of carbonyl (C=O) groups excluding carboxylic acids is 1. The molecule has 1 aromatic carbocycles. The molecule has 0 N–H and O–H groups in total. The van der Waals surface area contributed by atoms with Crippen molar-refractivity contribution in [2.75, 3.05) is 13.1 Å². The van der Waals surface area contributed by atoms with Crippen LogP contribution in [0.25, 0.3) is 11.3 Å². The highest BCUT2D eigenvalue weighted by Gasteiger charge is 2.25. The number of fused-ring (bicyclic) bond motifs is 1. The van der Waals surface area contributed by atoms with Gasteiger partial charge in [0.05, 0.1) is 12.2 Å². The molecule has 0 spiro atoms. The van der Waals surface area contributed by atoms with E-state index in [0.29, 0.717) is 5.69 Å². The van der Waals surface area contributed by atoms with Crippen molar-refractivity contribution in [3.63, 3.8) is 0 Å². The number of unbranched alkanes of at least 4 members (excludes halogenated alkanes) is 1. The van der Waals surface area contributed by atoms with E-state index in [0.717, 1.165) is 43.7 Å². The molecule has 0 saturated carbocycles. The molecular formula is C16H19N3O. The lowest BCUT2D eigenvalue weighted by atomic mass is 10.1. The van der Waals surface area contributed by atoms with E-state index in [1.54, 1.807) is 0 Å². The molecule has 2 heterocycles. The van der Waals surface area contributed by atoms with Gasteiger partial charge in [-0.1, -0.05) is 43.7 Å². The zero-order valence-electron chi connectivity index (χ0n) is 11.7. The summed E-state index contributed by atoms with van der Waals surface area (Å²) in [4.78, 5) is 14.4. The van der Waals surface area contributed by atoms with Gasteiger partial charge in [-0.3, -0.25) is 9.48 Å². The maximum absolute atomic E-state index is 12.4. The van der Waals surface area contributed by atoms with Gasteiger partial charge in [0.1, 0.15) is 5.69 Å². The summed E-state index contributed by atoms with van der Waals surface area (Å²) in [7, 11) is 0. The summed E-state index contributed by atoms with van der Waals surface area (Å²) in [5, 5.41) is 4.56. The van der Waals surface area contributed by atoms with Crippen LogP contribution in [-0.4, -0.2) is 33.7 Å². The fourth-order valence-corrected chi connectivity index (χ4v) is 2.55. The number of benzene rings is 1. The minimum Gasteiger partial charge on any atom is -0.335 e. The first-order chi connectivity index (χ1) is 9.79. The Bertz CT molecular complexity index is 603. The van der Waals surface area contributed by atoms with Crippen molar-refractivity contribution in [2.45, 2.75) is 26.3 Å². The van der Waals surface area contributed by atoms with Crippen LogP contribution in [-0.2, 0) is 6.54 Å². The average molecular weight is 269 g/mol. The average Bonchev–Trinajstić information content (AvgIpc) is 2.93. The predicted octanol–water partition coefficient (Wildman–Crippen LogP) is 2.81. The van der Waals surface area contributed by atoms with Gasteiger partial charge >= 0.3 is 0 Å². The second-order valence-corrected chi connectivity index (χ2v) is 5.15. The third kappa shape index (κ3) is 2.33. The van der Waals surface area contributed by atoms with Crippen LogP contribution >= 0.6 is 0 Å². The number of hydrogen-bond acceptors (Lipinski definition) is 2. The van der Waals surface area contributed by atoms with Crippen molar-refractivity contribution in [1.82, 2.24) is 14.7 Å². The van der Waals surface area contributed by atoms with Crippen LogP contribution in [0, 0.1) is 0 Å². The summed E-state index contributed by atoms with van der Waals surface area (Å²) >= 11 is 0. The molecule has 0 bridgehead atoms. The van der Waals surface area contributed by atoms with Gasteiger partial charge in [0.2, 0.25) is 0 Å². The molecular weight excluding hydrogens is 250 g/mol. The Morgan fingerprint density at radius 1 is 1.20 bits per heavy atom. The Balaban J connectivity index is 1.87. The first-order valence-corrected chi connectivity index (χ1v) is 7.22. The lowest BCUT2D eigenvalue weighted by molar-refractivity contribution is 0.0695. The minimum atomic E-state index is 0.111. The molecule has 1 aliphatic rings. The number of rotatable bonds is 4. The molecule has 0 aliphatic carbocycles. The van der Waals surface area contributed by atoms with Gasteiger partial charge in [0, 0.05) is 18.7 Å². The third-order valence-corrected chi connectivity index (χ3v) is 3.72. The Labute approximate surface area is 119 Å². The molecule has 20 heavy (non-hydrogen) atoms. The molecule has 2 aromatic rings. The van der Waals surface area contributed by atoms with E-state index in [4.69, 9.17) is 0 Å². The van der Waals surface area contributed by atoms with Gasteiger partial charge in [0.15, 0.2) is 0 Å². The quantitative estimate of drug-likeness (QED) is 0.856. The van der Waals surface area contributed by atoms with Crippen molar-refractivity contribution in [2.24, 2.45) is 0 Å². The summed E-state index contributed by atoms with van der Waals surface area (Å²) in [6.45, 7) is 4.55. The second kappa shape index (κ2) is 5.49. The molecule has 0 fully saturated rings. The highest BCUT2D eigenvalue weighted by Crippen LogP contribution is 2.22. The Morgan fingerprint density at radius 2 is 2.00 bits per heavy atom. The Hall–Kier alpha value is -2.10. The lowest BCUT2D eigenvalue weighted by Crippen LogP contribution is -2.40. The van der Waals surface area contributed by atoms with Crippen molar-refractivity contribution in [3.8, 4) is 11.3 Å². The van der Waals surface area contributed by atoms with Crippen molar-refractivity contribution in [3.05, 3.63) is 42.1 Å². The zero-order valence-corrected chi connectivity index (χ0v) is 11.7. The second-order valence-electron chi connectivity index (χ2n) is 5.15. The summed E-state index contributed by atoms with van der Waals surface area (Å²) < 4.78 is 1.84. The van der Waals surface area contributed by atoms with Gasteiger partial charge in [-0.05, 0) is 12.5 Å². The van der Waals surface area contributed by atoms with Crippen molar-refractivity contribution < 1.29 is 4.79 Å². The molecule has 1 aromatic heterocycles.